The largest absolute Gasteiger partial charge is 0.389 e. The number of hydrogen-bond acceptors (Lipinski definition) is 3. The Kier molecular flexibility index (Phi) is 6.01. The summed E-state index contributed by atoms with van der Waals surface area (Å²) in [6, 6.07) is 12.0. The molecule has 2 N–H and O–H groups in total. The van der Waals surface area contributed by atoms with Crippen molar-refractivity contribution in [3.05, 3.63) is 35.9 Å². The lowest BCUT2D eigenvalue weighted by Gasteiger charge is -2.26. The Balaban J connectivity index is 2.46. The number of nitrogens with zero attached hydrogens (tertiary/aromatic N) is 1. The van der Waals surface area contributed by atoms with Crippen LogP contribution in [0.3, 0.4) is 0 Å². The molecule has 104 valence electrons. The molecule has 0 saturated heterocycles. The van der Waals surface area contributed by atoms with E-state index in [0.29, 0.717) is 19.0 Å². The molecule has 1 aromatic rings. The Hall–Kier alpha value is -1.37. The first-order chi connectivity index (χ1) is 8.94. The van der Waals surface area contributed by atoms with E-state index in [0.717, 1.165) is 12.0 Å². The van der Waals surface area contributed by atoms with E-state index < -0.39 is 5.60 Å². The van der Waals surface area contributed by atoms with Gasteiger partial charge in [-0.3, -0.25) is 0 Å². The van der Waals surface area contributed by atoms with E-state index in [2.05, 4.69) is 25.2 Å². The molecule has 3 heteroatoms. The minimum Gasteiger partial charge on any atom is -0.389 e. The monoisotopic (exact) mass is 260 g/mol. The fraction of sp³-hybridized carbons (Fsp3) is 0.562. The lowest BCUT2D eigenvalue weighted by Crippen LogP contribution is -2.40. The number of nitrogens with one attached hydrogen (secondary N) is 1. The van der Waals surface area contributed by atoms with Gasteiger partial charge in [0.1, 0.15) is 0 Å². The van der Waals surface area contributed by atoms with Crippen LogP contribution in [0.2, 0.25) is 0 Å². The van der Waals surface area contributed by atoms with Crippen LogP contribution in [-0.4, -0.2) is 23.8 Å². The van der Waals surface area contributed by atoms with Crippen LogP contribution in [0.4, 0.5) is 0 Å². The summed E-state index contributed by atoms with van der Waals surface area (Å²) in [7, 11) is 0. The lowest BCUT2D eigenvalue weighted by molar-refractivity contribution is 0.0387. The molecule has 0 radical (unpaired) electrons. The summed E-state index contributed by atoms with van der Waals surface area (Å²) in [6.07, 6.45) is 0.753. The molecule has 0 bridgehead atoms. The summed E-state index contributed by atoms with van der Waals surface area (Å²) < 4.78 is 0. The average Bonchev–Trinajstić information content (AvgIpc) is 2.34. The zero-order valence-corrected chi connectivity index (χ0v) is 12.1. The molecule has 2 unspecified atom stereocenters. The Morgan fingerprint density at radius 1 is 1.32 bits per heavy atom. The molecule has 0 aliphatic rings. The quantitative estimate of drug-likeness (QED) is 0.792. The topological polar surface area (TPSA) is 56.0 Å². The Morgan fingerprint density at radius 2 is 1.95 bits per heavy atom. The van der Waals surface area contributed by atoms with E-state index in [-0.39, 0.29) is 5.92 Å². The first kappa shape index (κ1) is 15.7. The average molecular weight is 260 g/mol. The predicted octanol–water partition coefficient (Wildman–Crippen LogP) is 2.68. The lowest BCUT2D eigenvalue weighted by atomic mass is 9.94. The summed E-state index contributed by atoms with van der Waals surface area (Å²) in [6.45, 7) is 7.10. The van der Waals surface area contributed by atoms with Crippen LogP contribution >= 0.6 is 0 Å². The van der Waals surface area contributed by atoms with Gasteiger partial charge < -0.3 is 10.4 Å². The highest BCUT2D eigenvalue weighted by Gasteiger charge is 2.22. The van der Waals surface area contributed by atoms with E-state index in [1.165, 1.54) is 0 Å². The molecule has 1 aromatic carbocycles. The van der Waals surface area contributed by atoms with Gasteiger partial charge in [0.05, 0.1) is 17.6 Å². The van der Waals surface area contributed by atoms with Crippen LogP contribution in [0.5, 0.6) is 0 Å². The summed E-state index contributed by atoms with van der Waals surface area (Å²) in [5.74, 6) is 0.286. The molecular formula is C16H24N2O. The van der Waals surface area contributed by atoms with Crippen molar-refractivity contribution in [1.29, 1.82) is 5.26 Å². The molecule has 0 amide bonds. The van der Waals surface area contributed by atoms with Gasteiger partial charge in [0.2, 0.25) is 0 Å². The van der Waals surface area contributed by atoms with Gasteiger partial charge in [-0.25, -0.2) is 0 Å². The van der Waals surface area contributed by atoms with Gasteiger partial charge in [-0.05, 0) is 24.8 Å². The first-order valence-corrected chi connectivity index (χ1v) is 6.82. The van der Waals surface area contributed by atoms with Crippen molar-refractivity contribution < 1.29 is 5.11 Å². The zero-order valence-electron chi connectivity index (χ0n) is 12.1. The van der Waals surface area contributed by atoms with E-state index >= 15 is 0 Å². The Morgan fingerprint density at radius 3 is 2.47 bits per heavy atom. The van der Waals surface area contributed by atoms with Crippen molar-refractivity contribution in [2.45, 2.75) is 38.7 Å². The zero-order chi connectivity index (χ0) is 14.3. The van der Waals surface area contributed by atoms with Gasteiger partial charge in [-0.1, -0.05) is 44.2 Å². The maximum atomic E-state index is 10.2. The molecule has 1 rings (SSSR count). The van der Waals surface area contributed by atoms with Crippen molar-refractivity contribution in [2.75, 3.05) is 13.1 Å². The molecule has 0 saturated carbocycles. The summed E-state index contributed by atoms with van der Waals surface area (Å²) in [5, 5.41) is 22.6. The summed E-state index contributed by atoms with van der Waals surface area (Å²) in [4.78, 5) is 0. The first-order valence-electron chi connectivity index (χ1n) is 6.82. The third-order valence-electron chi connectivity index (χ3n) is 3.06. The van der Waals surface area contributed by atoms with E-state index in [1.54, 1.807) is 0 Å². The maximum absolute atomic E-state index is 10.2. The van der Waals surface area contributed by atoms with Crippen molar-refractivity contribution in [1.82, 2.24) is 5.32 Å². The normalized spacial score (nSPS) is 15.8. The molecule has 0 aliphatic heterocycles. The van der Waals surface area contributed by atoms with Crippen LogP contribution in [0.1, 0.15) is 38.7 Å². The van der Waals surface area contributed by atoms with Crippen molar-refractivity contribution >= 4 is 0 Å². The van der Waals surface area contributed by atoms with E-state index in [1.807, 2.05) is 37.3 Å². The second-order valence-corrected chi connectivity index (χ2v) is 5.82. The van der Waals surface area contributed by atoms with E-state index in [9.17, 15) is 10.4 Å². The molecule has 0 aromatic heterocycles. The van der Waals surface area contributed by atoms with Crippen LogP contribution in [0.25, 0.3) is 0 Å². The van der Waals surface area contributed by atoms with Crippen LogP contribution in [-0.2, 0) is 0 Å². The number of rotatable bonds is 7. The van der Waals surface area contributed by atoms with Crippen LogP contribution in [0, 0.1) is 17.2 Å². The molecular weight excluding hydrogens is 236 g/mol. The second kappa shape index (κ2) is 7.28. The molecule has 3 nitrogen and oxygen atoms in total. The highest BCUT2D eigenvalue weighted by molar-refractivity contribution is 5.25. The van der Waals surface area contributed by atoms with Gasteiger partial charge >= 0.3 is 0 Å². The van der Waals surface area contributed by atoms with Crippen molar-refractivity contribution in [2.24, 2.45) is 5.92 Å². The van der Waals surface area contributed by atoms with Crippen LogP contribution in [0.15, 0.2) is 30.3 Å². The molecule has 0 heterocycles. The van der Waals surface area contributed by atoms with Gasteiger partial charge in [0, 0.05) is 13.1 Å². The van der Waals surface area contributed by atoms with Crippen molar-refractivity contribution in [3.63, 3.8) is 0 Å². The molecule has 0 fully saturated rings. The minimum absolute atomic E-state index is 0.170. The highest BCUT2D eigenvalue weighted by atomic mass is 16.3. The minimum atomic E-state index is -0.717. The van der Waals surface area contributed by atoms with Gasteiger partial charge in [0.25, 0.3) is 0 Å². The van der Waals surface area contributed by atoms with E-state index in [4.69, 9.17) is 0 Å². The van der Waals surface area contributed by atoms with Crippen LogP contribution < -0.4 is 5.32 Å². The number of nitriles is 1. The third-order valence-corrected chi connectivity index (χ3v) is 3.06. The smallest absolute Gasteiger partial charge is 0.0837 e. The van der Waals surface area contributed by atoms with Gasteiger partial charge in [-0.15, -0.1) is 0 Å². The highest BCUT2D eigenvalue weighted by Crippen LogP contribution is 2.16. The molecule has 2 atom stereocenters. The standard InChI is InChI=1S/C16H24N2O/c1-13(2)9-16(3,19)12-18-11-15(10-17)14-7-5-4-6-8-14/h4-8,13,15,18-19H,9,11-12H2,1-3H3. The summed E-state index contributed by atoms with van der Waals surface area (Å²) in [5.41, 5.74) is 0.297. The maximum Gasteiger partial charge on any atom is 0.0837 e. The summed E-state index contributed by atoms with van der Waals surface area (Å²) >= 11 is 0. The van der Waals surface area contributed by atoms with Gasteiger partial charge in [-0.2, -0.15) is 5.26 Å². The molecule has 19 heavy (non-hydrogen) atoms. The SMILES string of the molecule is CC(C)CC(C)(O)CNCC(C#N)c1ccccc1. The fourth-order valence-corrected chi connectivity index (χ4v) is 2.36. The van der Waals surface area contributed by atoms with Gasteiger partial charge in [0.15, 0.2) is 0 Å². The Bertz CT molecular complexity index is 407. The molecule has 0 spiro atoms. The number of benzene rings is 1. The molecule has 0 aliphatic carbocycles. The second-order valence-electron chi connectivity index (χ2n) is 5.82. The fourth-order valence-electron chi connectivity index (χ4n) is 2.36. The third kappa shape index (κ3) is 5.87. The predicted molar refractivity (Wildman–Crippen MR) is 77.7 cm³/mol. The Labute approximate surface area is 116 Å². The number of hydrogen-bond donors (Lipinski definition) is 2. The number of aliphatic hydroxyl groups is 1. The van der Waals surface area contributed by atoms with Crippen molar-refractivity contribution in [3.8, 4) is 6.07 Å².